The number of halogens is 1. The van der Waals surface area contributed by atoms with Gasteiger partial charge in [0.2, 0.25) is 0 Å². The molecule has 0 aromatic carbocycles. The molecule has 0 atom stereocenters. The monoisotopic (exact) mass is 159 g/mol. The summed E-state index contributed by atoms with van der Waals surface area (Å²) in [5.41, 5.74) is 3.58. The van der Waals surface area contributed by atoms with Gasteiger partial charge in [0.05, 0.1) is 12.4 Å². The Labute approximate surface area is 66.6 Å². The molecular weight excluding hydrogens is 145 g/mol. The molecule has 3 nitrogen and oxygen atoms in total. The van der Waals surface area contributed by atoms with Crippen LogP contribution >= 0.6 is 0 Å². The molecule has 1 N–H and O–H groups in total. The maximum Gasteiger partial charge on any atom is 0.107 e. The van der Waals surface area contributed by atoms with Gasteiger partial charge in [0.15, 0.2) is 0 Å². The first-order valence-corrected chi connectivity index (χ1v) is 3.11. The first-order chi connectivity index (χ1) is 4.83. The van der Waals surface area contributed by atoms with Gasteiger partial charge in [0, 0.05) is 19.7 Å². The number of aliphatic imine (C=N–C) groups is 1. The van der Waals surface area contributed by atoms with Gasteiger partial charge < -0.3 is 0 Å². The predicted molar refractivity (Wildman–Crippen MR) is 44.8 cm³/mol. The van der Waals surface area contributed by atoms with Crippen molar-refractivity contribution in [2.45, 2.75) is 13.8 Å². The fourth-order valence-electron chi connectivity index (χ4n) is 0.723. The zero-order valence-electron chi connectivity index (χ0n) is 5.84. The van der Waals surface area contributed by atoms with Crippen molar-refractivity contribution in [1.82, 2.24) is 10.4 Å². The van der Waals surface area contributed by atoms with Crippen molar-refractivity contribution in [3.8, 4) is 0 Å². The summed E-state index contributed by atoms with van der Waals surface area (Å²) in [4.78, 5) is 3.91. The van der Waals surface area contributed by atoms with Crippen molar-refractivity contribution in [3.63, 3.8) is 0 Å². The Balaban J connectivity index is 0.000001000. The van der Waals surface area contributed by atoms with E-state index in [0.717, 1.165) is 5.70 Å². The van der Waals surface area contributed by atoms with Crippen LogP contribution in [0, 0.1) is 0 Å². The molecule has 0 saturated carbocycles. The Morgan fingerprint density at radius 3 is 3.00 bits per heavy atom. The third kappa shape index (κ3) is 3.02. The van der Waals surface area contributed by atoms with Crippen LogP contribution in [-0.2, 0) is 0 Å². The van der Waals surface area contributed by atoms with E-state index in [-0.39, 0.29) is 14.1 Å². The van der Waals surface area contributed by atoms with E-state index in [9.17, 15) is 4.39 Å². The van der Waals surface area contributed by atoms with Gasteiger partial charge in [-0.2, -0.15) is 0 Å². The van der Waals surface area contributed by atoms with E-state index >= 15 is 0 Å². The summed E-state index contributed by atoms with van der Waals surface area (Å²) in [6.45, 7) is -0.350. The van der Waals surface area contributed by atoms with E-state index < -0.39 is 0 Å². The van der Waals surface area contributed by atoms with Crippen LogP contribution in [0.25, 0.3) is 0 Å². The molecule has 1 aliphatic heterocycles. The fourth-order valence-corrected chi connectivity index (χ4v) is 0.723. The molecule has 0 bridgehead atoms. The minimum atomic E-state index is -0.350. The van der Waals surface area contributed by atoms with E-state index in [1.54, 1.807) is 17.5 Å². The highest BCUT2D eigenvalue weighted by molar-refractivity contribution is 5.56. The first-order valence-electron chi connectivity index (χ1n) is 3.11. The van der Waals surface area contributed by atoms with E-state index in [1.165, 1.54) is 0 Å². The molecule has 0 saturated heterocycles. The molecule has 0 aromatic heterocycles. The molecule has 0 aliphatic carbocycles. The smallest absolute Gasteiger partial charge is 0.107 e. The van der Waals surface area contributed by atoms with Gasteiger partial charge in [-0.05, 0) is 0 Å². The largest absolute Gasteiger partial charge is 0.296 e. The fraction of sp³-hybridized carbons (Fsp3) is 0.571. The number of hydrazine groups is 1. The lowest BCUT2D eigenvalue weighted by Crippen LogP contribution is -2.30. The molecule has 64 valence electrons. The van der Waals surface area contributed by atoms with E-state index in [2.05, 4.69) is 10.4 Å². The summed E-state index contributed by atoms with van der Waals surface area (Å²) in [5.74, 6) is 0. The molecule has 1 heterocycles. The van der Waals surface area contributed by atoms with E-state index in [0.29, 0.717) is 6.42 Å². The van der Waals surface area contributed by atoms with Gasteiger partial charge in [-0.15, -0.1) is 0 Å². The van der Waals surface area contributed by atoms with Crippen LogP contribution in [0.3, 0.4) is 0 Å². The average molecular weight is 159 g/mol. The molecule has 1 aliphatic rings. The molecule has 1 rings (SSSR count). The summed E-state index contributed by atoms with van der Waals surface area (Å²) >= 11 is 0. The summed E-state index contributed by atoms with van der Waals surface area (Å²) in [5, 5.41) is 1.73. The third-order valence-electron chi connectivity index (χ3n) is 1.19. The van der Waals surface area contributed by atoms with Crippen LogP contribution in [0.5, 0.6) is 0 Å². The normalized spacial score (nSPS) is 15.1. The van der Waals surface area contributed by atoms with Gasteiger partial charge in [-0.3, -0.25) is 14.8 Å². The minimum absolute atomic E-state index is 0. The van der Waals surface area contributed by atoms with E-state index in [1.807, 2.05) is 7.05 Å². The second-order valence-corrected chi connectivity index (χ2v) is 2.06. The van der Waals surface area contributed by atoms with Gasteiger partial charge in [0.1, 0.15) is 6.34 Å². The number of rotatable bonds is 2. The Hall–Kier alpha value is -1.06. The molecule has 0 unspecified atom stereocenters. The van der Waals surface area contributed by atoms with Crippen molar-refractivity contribution in [3.05, 3.63) is 11.9 Å². The number of alkyl halides is 1. The number of hydrogen-bond donors (Lipinski definition) is 1. The van der Waals surface area contributed by atoms with Crippen LogP contribution in [0.1, 0.15) is 13.8 Å². The third-order valence-corrected chi connectivity index (χ3v) is 1.19. The van der Waals surface area contributed by atoms with Gasteiger partial charge in [-0.1, -0.05) is 7.43 Å². The number of allylic oxidation sites excluding steroid dienone is 1. The number of nitrogens with zero attached hydrogens (tertiary/aromatic N) is 2. The zero-order chi connectivity index (χ0) is 7.40. The summed E-state index contributed by atoms with van der Waals surface area (Å²) in [6, 6.07) is 0. The average Bonchev–Trinajstić information content (AvgIpc) is 1.88. The van der Waals surface area contributed by atoms with Gasteiger partial charge >= 0.3 is 0 Å². The van der Waals surface area contributed by atoms with Crippen LogP contribution in [0.4, 0.5) is 4.39 Å². The van der Waals surface area contributed by atoms with E-state index in [4.69, 9.17) is 0 Å². The lowest BCUT2D eigenvalue weighted by Gasteiger charge is -2.17. The topological polar surface area (TPSA) is 27.6 Å². The first kappa shape index (κ1) is 9.94. The lowest BCUT2D eigenvalue weighted by atomic mass is 10.3. The predicted octanol–water partition coefficient (Wildman–Crippen LogP) is 1.30. The summed E-state index contributed by atoms with van der Waals surface area (Å²) < 4.78 is 11.8. The molecule has 11 heavy (non-hydrogen) atoms. The van der Waals surface area contributed by atoms with Crippen LogP contribution < -0.4 is 5.43 Å². The number of nitrogens with one attached hydrogen (secondary N) is 1. The van der Waals surface area contributed by atoms with Crippen molar-refractivity contribution in [1.29, 1.82) is 0 Å². The SMILES string of the molecule is C.CN1C=C(CCF)N=CN1. The minimum Gasteiger partial charge on any atom is -0.296 e. The van der Waals surface area contributed by atoms with Crippen molar-refractivity contribution in [2.75, 3.05) is 13.7 Å². The summed E-state index contributed by atoms with van der Waals surface area (Å²) in [6.07, 6.45) is 3.70. The molecule has 0 fully saturated rings. The second kappa shape index (κ2) is 4.71. The maximum atomic E-state index is 11.8. The second-order valence-electron chi connectivity index (χ2n) is 2.06. The zero-order valence-corrected chi connectivity index (χ0v) is 5.84. The Morgan fingerprint density at radius 2 is 2.45 bits per heavy atom. The Kier molecular flexibility index (Phi) is 4.26. The quantitative estimate of drug-likeness (QED) is 0.657. The van der Waals surface area contributed by atoms with Crippen molar-refractivity contribution >= 4 is 6.34 Å². The maximum absolute atomic E-state index is 11.8. The summed E-state index contributed by atoms with van der Waals surface area (Å²) in [7, 11) is 1.84. The standard InChI is InChI=1S/C6H10FN3.CH4/c1-10-4-6(2-3-7)8-5-9-10;/h4-5H,2-3H2,1H3,(H,8,9);1H4. The highest BCUT2D eigenvalue weighted by Gasteiger charge is 1.99. The Morgan fingerprint density at radius 1 is 1.73 bits per heavy atom. The van der Waals surface area contributed by atoms with Crippen LogP contribution in [-0.4, -0.2) is 25.1 Å². The lowest BCUT2D eigenvalue weighted by molar-refractivity contribution is 0.397. The van der Waals surface area contributed by atoms with Gasteiger partial charge in [-0.25, -0.2) is 4.99 Å². The molecule has 4 heteroatoms. The van der Waals surface area contributed by atoms with Crippen molar-refractivity contribution in [2.24, 2.45) is 4.99 Å². The molecule has 0 spiro atoms. The molecule has 0 aromatic rings. The molecule has 0 radical (unpaired) electrons. The molecular formula is C7H14FN3. The highest BCUT2D eigenvalue weighted by atomic mass is 19.1. The van der Waals surface area contributed by atoms with Crippen LogP contribution in [0.15, 0.2) is 16.9 Å². The number of hydrogen-bond acceptors (Lipinski definition) is 3. The van der Waals surface area contributed by atoms with Gasteiger partial charge in [0.25, 0.3) is 0 Å². The highest BCUT2D eigenvalue weighted by Crippen LogP contribution is 2.05. The Bertz CT molecular complexity index is 165. The van der Waals surface area contributed by atoms with Crippen molar-refractivity contribution < 1.29 is 4.39 Å². The molecule has 0 amide bonds. The van der Waals surface area contributed by atoms with Crippen LogP contribution in [0.2, 0.25) is 0 Å².